The molecule has 0 aliphatic heterocycles. The molecule has 0 aliphatic carbocycles. The molecule has 0 fully saturated rings. The second-order valence-electron chi connectivity index (χ2n) is 2.57. The van der Waals surface area contributed by atoms with Crippen molar-refractivity contribution >= 4 is 16.0 Å². The van der Waals surface area contributed by atoms with Gasteiger partial charge in [0.2, 0.25) is 10.0 Å². The molecular weight excluding hydrogens is 194 g/mol. The van der Waals surface area contributed by atoms with E-state index < -0.39 is 10.0 Å². The molecule has 0 bridgehead atoms. The van der Waals surface area contributed by atoms with E-state index in [9.17, 15) is 8.42 Å². The first kappa shape index (κ1) is 9.97. The second-order valence-corrected chi connectivity index (χ2v) is 4.41. The van der Waals surface area contributed by atoms with E-state index in [4.69, 9.17) is 0 Å². The number of nitrogens with one attached hydrogen (secondary N) is 1. The van der Waals surface area contributed by atoms with Crippen LogP contribution in [0.15, 0.2) is 4.52 Å². The number of anilines is 1. The molecule has 6 nitrogen and oxygen atoms in total. The van der Waals surface area contributed by atoms with E-state index in [-0.39, 0.29) is 11.8 Å². The normalized spacial score (nSPS) is 11.5. The van der Waals surface area contributed by atoms with Gasteiger partial charge >= 0.3 is 6.01 Å². The molecular formula is C6H11N3O3S. The summed E-state index contributed by atoms with van der Waals surface area (Å²) in [6, 6.07) is -0.0778. The average molecular weight is 205 g/mol. The molecule has 0 aliphatic rings. The minimum Gasteiger partial charge on any atom is -0.314 e. The van der Waals surface area contributed by atoms with Crippen molar-refractivity contribution in [2.24, 2.45) is 0 Å². The molecule has 0 unspecified atom stereocenters. The summed E-state index contributed by atoms with van der Waals surface area (Å²) in [6.07, 6.45) is 0.544. The summed E-state index contributed by atoms with van der Waals surface area (Å²) >= 11 is 0. The number of aryl methyl sites for hydroxylation is 1. The number of sulfonamides is 1. The van der Waals surface area contributed by atoms with E-state index in [1.807, 2.05) is 0 Å². The van der Waals surface area contributed by atoms with Crippen molar-refractivity contribution in [1.29, 1.82) is 0 Å². The summed E-state index contributed by atoms with van der Waals surface area (Å²) in [4.78, 5) is 3.71. The van der Waals surface area contributed by atoms with Gasteiger partial charge in [-0.2, -0.15) is 4.98 Å². The number of hydrogen-bond donors (Lipinski definition) is 1. The van der Waals surface area contributed by atoms with Crippen LogP contribution >= 0.6 is 0 Å². The van der Waals surface area contributed by atoms with Crippen LogP contribution in [0.1, 0.15) is 19.2 Å². The molecule has 1 heterocycles. The Morgan fingerprint density at radius 3 is 2.69 bits per heavy atom. The van der Waals surface area contributed by atoms with Crippen molar-refractivity contribution in [3.05, 3.63) is 5.82 Å². The van der Waals surface area contributed by atoms with Gasteiger partial charge < -0.3 is 4.52 Å². The van der Waals surface area contributed by atoms with Gasteiger partial charge in [0.15, 0.2) is 5.82 Å². The highest BCUT2D eigenvalue weighted by molar-refractivity contribution is 7.92. The average Bonchev–Trinajstić information content (AvgIpc) is 2.34. The van der Waals surface area contributed by atoms with Crippen LogP contribution in [0.25, 0.3) is 0 Å². The van der Waals surface area contributed by atoms with Crippen LogP contribution < -0.4 is 4.72 Å². The maximum absolute atomic E-state index is 11.2. The van der Waals surface area contributed by atoms with Gasteiger partial charge in [0.1, 0.15) is 0 Å². The molecule has 13 heavy (non-hydrogen) atoms. The third kappa shape index (κ3) is 3.02. The van der Waals surface area contributed by atoms with Gasteiger partial charge in [0, 0.05) is 0 Å². The van der Waals surface area contributed by atoms with E-state index in [2.05, 4.69) is 19.4 Å². The number of nitrogens with zero attached hydrogens (tertiary/aromatic N) is 2. The van der Waals surface area contributed by atoms with E-state index in [1.54, 1.807) is 13.8 Å². The Bertz CT molecular complexity index is 370. The quantitative estimate of drug-likeness (QED) is 0.774. The predicted octanol–water partition coefficient (Wildman–Crippen LogP) is 0.530. The largest absolute Gasteiger partial charge is 0.335 e. The highest BCUT2D eigenvalue weighted by Gasteiger charge is 2.12. The zero-order chi connectivity index (χ0) is 9.90. The summed E-state index contributed by atoms with van der Waals surface area (Å²) < 4.78 is 29.1. The molecule has 1 rings (SSSR count). The number of aromatic nitrogens is 2. The first-order valence-corrected chi connectivity index (χ1v) is 5.49. The van der Waals surface area contributed by atoms with Gasteiger partial charge in [-0.1, -0.05) is 12.1 Å². The smallest absolute Gasteiger partial charge is 0.314 e. The lowest BCUT2D eigenvalue weighted by atomic mass is 10.6. The Morgan fingerprint density at radius 1 is 1.54 bits per heavy atom. The number of hydrogen-bond acceptors (Lipinski definition) is 5. The monoisotopic (exact) mass is 205 g/mol. The fraction of sp³-hybridized carbons (Fsp3) is 0.667. The molecule has 1 aromatic rings. The molecule has 0 saturated heterocycles. The summed E-state index contributed by atoms with van der Waals surface area (Å²) in [7, 11) is -3.32. The lowest BCUT2D eigenvalue weighted by Gasteiger charge is -1.99. The van der Waals surface area contributed by atoms with E-state index in [0.29, 0.717) is 12.2 Å². The van der Waals surface area contributed by atoms with Crippen LogP contribution in [-0.4, -0.2) is 24.3 Å². The predicted molar refractivity (Wildman–Crippen MR) is 46.7 cm³/mol. The van der Waals surface area contributed by atoms with Gasteiger partial charge in [0.05, 0.1) is 5.75 Å². The molecule has 0 saturated carbocycles. The standard InChI is InChI=1S/C6H11N3O3S/c1-3-4-13(10,11)9-6-7-5(2)8-12-6/h3-4H2,1-2H3,(H,7,8,9). The fourth-order valence-electron chi connectivity index (χ4n) is 0.791. The first-order valence-electron chi connectivity index (χ1n) is 3.84. The Labute approximate surface area is 76.4 Å². The molecule has 7 heteroatoms. The van der Waals surface area contributed by atoms with Crippen LogP contribution in [0.3, 0.4) is 0 Å². The zero-order valence-electron chi connectivity index (χ0n) is 7.44. The number of rotatable bonds is 4. The third-order valence-corrected chi connectivity index (χ3v) is 2.67. The van der Waals surface area contributed by atoms with E-state index in [1.165, 1.54) is 0 Å². The van der Waals surface area contributed by atoms with Gasteiger partial charge in [-0.25, -0.2) is 13.1 Å². The molecule has 0 amide bonds. The van der Waals surface area contributed by atoms with Crippen molar-refractivity contribution in [3.63, 3.8) is 0 Å². The minimum absolute atomic E-state index is 0.0500. The maximum atomic E-state index is 11.2. The minimum atomic E-state index is -3.32. The third-order valence-electron chi connectivity index (χ3n) is 1.24. The zero-order valence-corrected chi connectivity index (χ0v) is 8.26. The summed E-state index contributed by atoms with van der Waals surface area (Å²) in [5, 5.41) is 3.45. The molecule has 0 radical (unpaired) electrons. The van der Waals surface area contributed by atoms with Gasteiger partial charge in [-0.3, -0.25) is 0 Å². The van der Waals surface area contributed by atoms with Crippen LogP contribution in [0, 0.1) is 6.92 Å². The van der Waals surface area contributed by atoms with Crippen molar-refractivity contribution < 1.29 is 12.9 Å². The van der Waals surface area contributed by atoms with Crippen LogP contribution in [0.2, 0.25) is 0 Å². The fourth-order valence-corrected chi connectivity index (χ4v) is 1.78. The topological polar surface area (TPSA) is 85.1 Å². The highest BCUT2D eigenvalue weighted by atomic mass is 32.2. The summed E-state index contributed by atoms with van der Waals surface area (Å²) in [5.41, 5.74) is 0. The van der Waals surface area contributed by atoms with Crippen LogP contribution in [0.4, 0.5) is 6.01 Å². The molecule has 0 spiro atoms. The Hall–Kier alpha value is -1.11. The highest BCUT2D eigenvalue weighted by Crippen LogP contribution is 2.05. The van der Waals surface area contributed by atoms with Crippen molar-refractivity contribution in [2.45, 2.75) is 20.3 Å². The van der Waals surface area contributed by atoms with E-state index >= 15 is 0 Å². The summed E-state index contributed by atoms with van der Waals surface area (Å²) in [5.74, 6) is 0.447. The molecule has 0 aromatic carbocycles. The molecule has 1 aromatic heterocycles. The van der Waals surface area contributed by atoms with Crippen molar-refractivity contribution in [3.8, 4) is 0 Å². The van der Waals surface area contributed by atoms with Crippen molar-refractivity contribution in [2.75, 3.05) is 10.5 Å². The molecule has 74 valence electrons. The van der Waals surface area contributed by atoms with E-state index in [0.717, 1.165) is 0 Å². The second kappa shape index (κ2) is 3.73. The Kier molecular flexibility index (Phi) is 2.86. The Morgan fingerprint density at radius 2 is 2.23 bits per heavy atom. The molecule has 0 atom stereocenters. The maximum Gasteiger partial charge on any atom is 0.335 e. The Balaban J connectivity index is 2.69. The lowest BCUT2D eigenvalue weighted by molar-refractivity contribution is 0.429. The van der Waals surface area contributed by atoms with Crippen molar-refractivity contribution in [1.82, 2.24) is 10.1 Å². The first-order chi connectivity index (χ1) is 6.03. The molecule has 1 N–H and O–H groups in total. The van der Waals surface area contributed by atoms with Crippen LogP contribution in [0.5, 0.6) is 0 Å². The van der Waals surface area contributed by atoms with Gasteiger partial charge in [-0.15, -0.1) is 0 Å². The summed E-state index contributed by atoms with van der Waals surface area (Å²) in [6.45, 7) is 3.39. The van der Waals surface area contributed by atoms with Gasteiger partial charge in [0.25, 0.3) is 0 Å². The van der Waals surface area contributed by atoms with Gasteiger partial charge in [-0.05, 0) is 13.3 Å². The van der Waals surface area contributed by atoms with Crippen LogP contribution in [-0.2, 0) is 10.0 Å². The lowest BCUT2D eigenvalue weighted by Crippen LogP contribution is -2.16. The SMILES string of the molecule is CCCS(=O)(=O)Nc1nc(C)no1.